The van der Waals surface area contributed by atoms with Crippen molar-refractivity contribution in [2.45, 2.75) is 31.1 Å². The second-order valence-corrected chi connectivity index (χ2v) is 4.66. The summed E-state index contributed by atoms with van der Waals surface area (Å²) in [7, 11) is 0. The van der Waals surface area contributed by atoms with E-state index in [2.05, 4.69) is 15.3 Å². The second-order valence-electron chi connectivity index (χ2n) is 3.71. The molecule has 8 heteroatoms. The molecule has 1 aromatic rings. The molecule has 1 N–H and O–H groups in total. The summed E-state index contributed by atoms with van der Waals surface area (Å²) < 4.78 is 37.2. The summed E-state index contributed by atoms with van der Waals surface area (Å²) in [6.45, 7) is 2.57. The van der Waals surface area contributed by atoms with Gasteiger partial charge in [0.1, 0.15) is 5.69 Å². The van der Waals surface area contributed by atoms with Gasteiger partial charge in [-0.2, -0.15) is 13.2 Å². The number of unbranched alkanes of at least 4 members (excludes halogenated alkanes) is 1. The standard InChI is InChI=1S/C11H14F3N3OS/c1-2-3-5-15-9(18)7-19-10-16-6-4-8(17-10)11(12,13)14/h4,6H,2-3,5,7H2,1H3,(H,15,18). The van der Waals surface area contributed by atoms with Crippen LogP contribution in [-0.4, -0.2) is 28.2 Å². The van der Waals surface area contributed by atoms with Crippen molar-refractivity contribution >= 4 is 17.7 Å². The summed E-state index contributed by atoms with van der Waals surface area (Å²) in [6, 6.07) is 0.797. The number of nitrogens with zero attached hydrogens (tertiary/aromatic N) is 2. The molecule has 0 aliphatic carbocycles. The van der Waals surface area contributed by atoms with Crippen LogP contribution >= 0.6 is 11.8 Å². The Morgan fingerprint density at radius 3 is 2.84 bits per heavy atom. The third-order valence-electron chi connectivity index (χ3n) is 2.11. The van der Waals surface area contributed by atoms with Gasteiger partial charge < -0.3 is 5.32 Å². The topological polar surface area (TPSA) is 54.9 Å². The van der Waals surface area contributed by atoms with Gasteiger partial charge in [-0.1, -0.05) is 25.1 Å². The van der Waals surface area contributed by atoms with Gasteiger partial charge in [-0.25, -0.2) is 9.97 Å². The summed E-state index contributed by atoms with van der Waals surface area (Å²) in [6.07, 6.45) is -1.63. The molecule has 4 nitrogen and oxygen atoms in total. The van der Waals surface area contributed by atoms with Crippen molar-refractivity contribution in [1.82, 2.24) is 15.3 Å². The zero-order valence-electron chi connectivity index (χ0n) is 10.3. The van der Waals surface area contributed by atoms with Crippen LogP contribution in [0.5, 0.6) is 0 Å². The fourth-order valence-corrected chi connectivity index (χ4v) is 1.81. The summed E-state index contributed by atoms with van der Waals surface area (Å²) >= 11 is 0.883. The fraction of sp³-hybridized carbons (Fsp3) is 0.545. The molecular formula is C11H14F3N3OS. The molecule has 0 spiro atoms. The third kappa shape index (κ3) is 5.91. The molecule has 0 radical (unpaired) electrons. The van der Waals surface area contributed by atoms with E-state index in [0.29, 0.717) is 6.54 Å². The van der Waals surface area contributed by atoms with E-state index in [-0.39, 0.29) is 16.8 Å². The summed E-state index contributed by atoms with van der Waals surface area (Å²) in [5.41, 5.74) is -1.00. The quantitative estimate of drug-likeness (QED) is 0.497. The molecule has 1 rings (SSSR count). The summed E-state index contributed by atoms with van der Waals surface area (Å²) in [5.74, 6) is -0.232. The lowest BCUT2D eigenvalue weighted by atomic mass is 10.3. The average Bonchev–Trinajstić information content (AvgIpc) is 2.36. The number of hydrogen-bond acceptors (Lipinski definition) is 4. The first-order valence-corrected chi connectivity index (χ1v) is 6.71. The molecule has 0 fully saturated rings. The minimum atomic E-state index is -4.50. The van der Waals surface area contributed by atoms with E-state index < -0.39 is 11.9 Å². The Morgan fingerprint density at radius 1 is 1.47 bits per heavy atom. The van der Waals surface area contributed by atoms with Gasteiger partial charge in [0.25, 0.3) is 0 Å². The van der Waals surface area contributed by atoms with E-state index >= 15 is 0 Å². The predicted molar refractivity (Wildman–Crippen MR) is 65.7 cm³/mol. The van der Waals surface area contributed by atoms with Gasteiger partial charge in [-0.15, -0.1) is 0 Å². The maximum atomic E-state index is 12.4. The van der Waals surface area contributed by atoms with Crippen LogP contribution in [0, 0.1) is 0 Å². The number of aromatic nitrogens is 2. The number of halogens is 3. The van der Waals surface area contributed by atoms with Crippen molar-refractivity contribution < 1.29 is 18.0 Å². The lowest BCUT2D eigenvalue weighted by molar-refractivity contribution is -0.141. The van der Waals surface area contributed by atoms with Crippen LogP contribution in [0.2, 0.25) is 0 Å². The number of hydrogen-bond donors (Lipinski definition) is 1. The first-order chi connectivity index (χ1) is 8.93. The monoisotopic (exact) mass is 293 g/mol. The van der Waals surface area contributed by atoms with Crippen molar-refractivity contribution in [1.29, 1.82) is 0 Å². The lowest BCUT2D eigenvalue weighted by Gasteiger charge is -2.06. The minimum absolute atomic E-state index is 0.00498. The fourth-order valence-electron chi connectivity index (χ4n) is 1.15. The molecule has 0 bridgehead atoms. The highest BCUT2D eigenvalue weighted by molar-refractivity contribution is 7.99. The van der Waals surface area contributed by atoms with Gasteiger partial charge in [-0.3, -0.25) is 4.79 Å². The molecule has 0 aliphatic heterocycles. The maximum Gasteiger partial charge on any atom is 0.433 e. The highest BCUT2D eigenvalue weighted by atomic mass is 32.2. The Labute approximate surface area is 113 Å². The van der Waals surface area contributed by atoms with E-state index in [0.717, 1.165) is 36.9 Å². The molecule has 1 aromatic heterocycles. The van der Waals surface area contributed by atoms with Gasteiger partial charge in [0.15, 0.2) is 5.16 Å². The molecule has 0 saturated heterocycles. The number of carbonyl (C=O) groups is 1. The molecule has 106 valence electrons. The lowest BCUT2D eigenvalue weighted by Crippen LogP contribution is -2.26. The molecule has 19 heavy (non-hydrogen) atoms. The van der Waals surface area contributed by atoms with Crippen LogP contribution in [-0.2, 0) is 11.0 Å². The number of carbonyl (C=O) groups excluding carboxylic acids is 1. The van der Waals surface area contributed by atoms with Gasteiger partial charge in [0, 0.05) is 12.7 Å². The van der Waals surface area contributed by atoms with E-state index in [1.807, 2.05) is 6.92 Å². The van der Waals surface area contributed by atoms with Crippen LogP contribution in [0.25, 0.3) is 0 Å². The highest BCUT2D eigenvalue weighted by Gasteiger charge is 2.32. The summed E-state index contributed by atoms with van der Waals surface area (Å²) in [4.78, 5) is 18.4. The number of thioether (sulfide) groups is 1. The first kappa shape index (κ1) is 15.7. The van der Waals surface area contributed by atoms with Crippen molar-refractivity contribution in [2.75, 3.05) is 12.3 Å². The smallest absolute Gasteiger partial charge is 0.355 e. The zero-order chi connectivity index (χ0) is 14.3. The van der Waals surface area contributed by atoms with Gasteiger partial charge in [0.05, 0.1) is 5.75 Å². The van der Waals surface area contributed by atoms with Crippen LogP contribution in [0.3, 0.4) is 0 Å². The molecule has 0 unspecified atom stereocenters. The highest BCUT2D eigenvalue weighted by Crippen LogP contribution is 2.28. The van der Waals surface area contributed by atoms with Gasteiger partial charge in [0.2, 0.25) is 5.91 Å². The van der Waals surface area contributed by atoms with E-state index in [1.54, 1.807) is 0 Å². The van der Waals surface area contributed by atoms with E-state index in [4.69, 9.17) is 0 Å². The van der Waals surface area contributed by atoms with Gasteiger partial charge >= 0.3 is 6.18 Å². The normalized spacial score (nSPS) is 11.4. The second kappa shape index (κ2) is 7.32. The SMILES string of the molecule is CCCCNC(=O)CSc1nccc(C(F)(F)F)n1. The Hall–Kier alpha value is -1.31. The molecule has 0 aromatic carbocycles. The van der Waals surface area contributed by atoms with Gasteiger partial charge in [-0.05, 0) is 12.5 Å². The molecule has 0 aliphatic rings. The number of nitrogens with one attached hydrogen (secondary N) is 1. The van der Waals surface area contributed by atoms with E-state index in [1.165, 1.54) is 0 Å². The predicted octanol–water partition coefficient (Wildman–Crippen LogP) is 2.50. The van der Waals surface area contributed by atoms with Crippen molar-refractivity contribution in [3.8, 4) is 0 Å². The Balaban J connectivity index is 2.47. The van der Waals surface area contributed by atoms with Crippen LogP contribution in [0.1, 0.15) is 25.5 Å². The Morgan fingerprint density at radius 2 is 2.21 bits per heavy atom. The number of rotatable bonds is 6. The van der Waals surface area contributed by atoms with Crippen LogP contribution in [0.15, 0.2) is 17.4 Å². The summed E-state index contributed by atoms with van der Waals surface area (Å²) in [5, 5.41) is 2.61. The molecule has 0 saturated carbocycles. The number of amides is 1. The van der Waals surface area contributed by atoms with Crippen molar-refractivity contribution in [2.24, 2.45) is 0 Å². The van der Waals surface area contributed by atoms with Crippen LogP contribution in [0.4, 0.5) is 13.2 Å². The first-order valence-electron chi connectivity index (χ1n) is 5.73. The Bertz CT molecular complexity index is 426. The van der Waals surface area contributed by atoms with Crippen molar-refractivity contribution in [3.05, 3.63) is 18.0 Å². The average molecular weight is 293 g/mol. The third-order valence-corrected chi connectivity index (χ3v) is 2.97. The molecular weight excluding hydrogens is 279 g/mol. The van der Waals surface area contributed by atoms with Crippen LogP contribution < -0.4 is 5.32 Å². The Kier molecular flexibility index (Phi) is 6.07. The molecule has 1 amide bonds. The molecule has 0 atom stereocenters. The largest absolute Gasteiger partial charge is 0.433 e. The molecule has 1 heterocycles. The number of alkyl halides is 3. The minimum Gasteiger partial charge on any atom is -0.355 e. The zero-order valence-corrected chi connectivity index (χ0v) is 11.1. The van der Waals surface area contributed by atoms with Crippen molar-refractivity contribution in [3.63, 3.8) is 0 Å². The van der Waals surface area contributed by atoms with E-state index in [9.17, 15) is 18.0 Å². The maximum absolute atomic E-state index is 12.4.